The number of imide groups is 1. The number of fused-ring (bicyclic) bond motifs is 1. The van der Waals surface area contributed by atoms with Crippen molar-refractivity contribution in [1.82, 2.24) is 4.90 Å². The van der Waals surface area contributed by atoms with Gasteiger partial charge in [0.1, 0.15) is 6.54 Å². The van der Waals surface area contributed by atoms with Crippen molar-refractivity contribution < 1.29 is 28.8 Å². The van der Waals surface area contributed by atoms with Gasteiger partial charge in [-0.2, -0.15) is 0 Å². The Morgan fingerprint density at radius 1 is 1.18 bits per heavy atom. The average Bonchev–Trinajstić information content (AvgIpc) is 2.92. The summed E-state index contributed by atoms with van der Waals surface area (Å²) in [5.41, 5.74) is -0.00783. The SMILES string of the molecule is O=C(COC(=O)CN1C(=O)C2CCCCC2C1=O)Nc1cccc([N+](=O)[O-])c1. The molecule has 1 saturated heterocycles. The smallest absolute Gasteiger partial charge is 0.326 e. The fourth-order valence-electron chi connectivity index (χ4n) is 3.60. The maximum Gasteiger partial charge on any atom is 0.326 e. The summed E-state index contributed by atoms with van der Waals surface area (Å²) in [7, 11) is 0. The van der Waals surface area contributed by atoms with Crippen molar-refractivity contribution in [3.63, 3.8) is 0 Å². The van der Waals surface area contributed by atoms with Crippen LogP contribution in [0.15, 0.2) is 24.3 Å². The Hall–Kier alpha value is -3.30. The van der Waals surface area contributed by atoms with Crippen LogP contribution in [-0.2, 0) is 23.9 Å². The highest BCUT2D eigenvalue weighted by atomic mass is 16.6. The lowest BCUT2D eigenvalue weighted by Gasteiger charge is -2.19. The summed E-state index contributed by atoms with van der Waals surface area (Å²) in [5.74, 6) is -2.98. The number of esters is 1. The van der Waals surface area contributed by atoms with Crippen LogP contribution in [0.2, 0.25) is 0 Å². The second-order valence-electron chi connectivity index (χ2n) is 6.78. The molecule has 1 aliphatic heterocycles. The monoisotopic (exact) mass is 389 g/mol. The fraction of sp³-hybridized carbons (Fsp3) is 0.444. The highest BCUT2D eigenvalue weighted by Gasteiger charge is 2.48. The lowest BCUT2D eigenvalue weighted by Crippen LogP contribution is -2.37. The van der Waals surface area contributed by atoms with Crippen molar-refractivity contribution in [2.24, 2.45) is 11.8 Å². The quantitative estimate of drug-likeness (QED) is 0.335. The van der Waals surface area contributed by atoms with Crippen molar-refractivity contribution in [3.8, 4) is 0 Å². The molecule has 2 unspecified atom stereocenters. The number of carbonyl (C=O) groups is 4. The normalized spacial score (nSPS) is 21.2. The summed E-state index contributed by atoms with van der Waals surface area (Å²) in [6.07, 6.45) is 3.06. The zero-order chi connectivity index (χ0) is 20.3. The number of nitrogens with one attached hydrogen (secondary N) is 1. The Balaban J connectivity index is 1.49. The van der Waals surface area contributed by atoms with Gasteiger partial charge in [-0.1, -0.05) is 18.9 Å². The molecule has 2 aliphatic rings. The van der Waals surface area contributed by atoms with Gasteiger partial charge in [0.15, 0.2) is 6.61 Å². The minimum atomic E-state index is -0.866. The van der Waals surface area contributed by atoms with E-state index in [2.05, 4.69) is 5.32 Å². The third-order valence-electron chi connectivity index (χ3n) is 4.92. The van der Waals surface area contributed by atoms with E-state index in [0.29, 0.717) is 12.8 Å². The van der Waals surface area contributed by atoms with Crippen LogP contribution in [0.4, 0.5) is 11.4 Å². The first kappa shape index (κ1) is 19.5. The summed E-state index contributed by atoms with van der Waals surface area (Å²) in [4.78, 5) is 59.5. The minimum Gasteiger partial charge on any atom is -0.454 e. The fourth-order valence-corrected chi connectivity index (χ4v) is 3.60. The molecule has 28 heavy (non-hydrogen) atoms. The van der Waals surface area contributed by atoms with Gasteiger partial charge in [-0.15, -0.1) is 0 Å². The summed E-state index contributed by atoms with van der Waals surface area (Å²) in [6.45, 7) is -1.15. The first-order valence-corrected chi connectivity index (χ1v) is 8.92. The molecule has 1 aromatic rings. The van der Waals surface area contributed by atoms with Gasteiger partial charge in [-0.25, -0.2) is 0 Å². The van der Waals surface area contributed by atoms with Gasteiger partial charge < -0.3 is 10.1 Å². The molecule has 0 bridgehead atoms. The van der Waals surface area contributed by atoms with Gasteiger partial charge >= 0.3 is 5.97 Å². The maximum absolute atomic E-state index is 12.3. The van der Waals surface area contributed by atoms with Crippen LogP contribution in [0, 0.1) is 22.0 Å². The second-order valence-corrected chi connectivity index (χ2v) is 6.78. The molecule has 1 saturated carbocycles. The van der Waals surface area contributed by atoms with E-state index < -0.39 is 30.0 Å². The molecule has 0 radical (unpaired) electrons. The van der Waals surface area contributed by atoms with E-state index in [4.69, 9.17) is 4.74 Å². The molecule has 10 heteroatoms. The summed E-state index contributed by atoms with van der Waals surface area (Å²) in [6, 6.07) is 5.31. The molecule has 1 heterocycles. The highest BCUT2D eigenvalue weighted by molar-refractivity contribution is 6.07. The lowest BCUT2D eigenvalue weighted by molar-refractivity contribution is -0.384. The van der Waals surface area contributed by atoms with Crippen LogP contribution < -0.4 is 5.32 Å². The molecule has 1 N–H and O–H groups in total. The number of hydrogen-bond donors (Lipinski definition) is 1. The Bertz CT molecular complexity index is 814. The van der Waals surface area contributed by atoms with Crippen LogP contribution in [-0.4, -0.2) is 46.7 Å². The Morgan fingerprint density at radius 2 is 1.82 bits per heavy atom. The van der Waals surface area contributed by atoms with Crippen molar-refractivity contribution in [2.75, 3.05) is 18.5 Å². The van der Waals surface area contributed by atoms with E-state index in [-0.39, 0.29) is 35.0 Å². The third kappa shape index (κ3) is 4.16. The Morgan fingerprint density at radius 3 is 2.43 bits per heavy atom. The summed E-state index contributed by atoms with van der Waals surface area (Å²) < 4.78 is 4.83. The van der Waals surface area contributed by atoms with Gasteiger partial charge in [-0.05, 0) is 18.9 Å². The number of nitro benzene ring substituents is 1. The van der Waals surface area contributed by atoms with Crippen LogP contribution in [0.1, 0.15) is 25.7 Å². The number of ether oxygens (including phenoxy) is 1. The molecule has 3 rings (SSSR count). The number of likely N-dealkylation sites (tertiary alicyclic amines) is 1. The topological polar surface area (TPSA) is 136 Å². The molecule has 1 aliphatic carbocycles. The standard InChI is InChI=1S/C18H19N3O7/c22-15(19-11-4-3-5-12(8-11)21(26)27)10-28-16(23)9-20-17(24)13-6-1-2-7-14(13)18(20)25/h3-5,8,13-14H,1-2,6-7,9-10H2,(H,19,22). The van der Waals surface area contributed by atoms with E-state index >= 15 is 0 Å². The molecule has 2 atom stereocenters. The van der Waals surface area contributed by atoms with Crippen molar-refractivity contribution >= 4 is 35.1 Å². The number of nitrogens with zero attached hydrogens (tertiary/aromatic N) is 2. The van der Waals surface area contributed by atoms with E-state index in [0.717, 1.165) is 17.7 Å². The number of non-ortho nitro benzene ring substituents is 1. The summed E-state index contributed by atoms with van der Waals surface area (Å²) in [5, 5.41) is 13.1. The number of anilines is 1. The molecular weight excluding hydrogens is 370 g/mol. The molecule has 0 spiro atoms. The van der Waals surface area contributed by atoms with Crippen LogP contribution >= 0.6 is 0 Å². The van der Waals surface area contributed by atoms with Gasteiger partial charge in [0.2, 0.25) is 11.8 Å². The summed E-state index contributed by atoms with van der Waals surface area (Å²) >= 11 is 0. The van der Waals surface area contributed by atoms with Gasteiger partial charge in [0.05, 0.1) is 16.8 Å². The molecule has 2 fully saturated rings. The van der Waals surface area contributed by atoms with Gasteiger partial charge in [0, 0.05) is 17.8 Å². The molecular formula is C18H19N3O7. The number of rotatable bonds is 6. The zero-order valence-electron chi connectivity index (χ0n) is 15.0. The minimum absolute atomic E-state index is 0.184. The van der Waals surface area contributed by atoms with E-state index in [9.17, 15) is 29.3 Å². The predicted octanol–water partition coefficient (Wildman–Crippen LogP) is 1.25. The van der Waals surface area contributed by atoms with E-state index in [1.807, 2.05) is 0 Å². The highest BCUT2D eigenvalue weighted by Crippen LogP contribution is 2.37. The Labute approximate surface area is 160 Å². The van der Waals surface area contributed by atoms with Crippen molar-refractivity contribution in [2.45, 2.75) is 25.7 Å². The largest absolute Gasteiger partial charge is 0.454 e. The predicted molar refractivity (Wildman–Crippen MR) is 94.9 cm³/mol. The van der Waals surface area contributed by atoms with Crippen LogP contribution in [0.5, 0.6) is 0 Å². The Kier molecular flexibility index (Phi) is 5.67. The average molecular weight is 389 g/mol. The molecule has 148 valence electrons. The number of hydrogen-bond acceptors (Lipinski definition) is 7. The molecule has 10 nitrogen and oxygen atoms in total. The number of amides is 3. The maximum atomic E-state index is 12.3. The molecule has 1 aromatic carbocycles. The van der Waals surface area contributed by atoms with Crippen LogP contribution in [0.25, 0.3) is 0 Å². The van der Waals surface area contributed by atoms with E-state index in [1.54, 1.807) is 0 Å². The van der Waals surface area contributed by atoms with Crippen LogP contribution in [0.3, 0.4) is 0 Å². The van der Waals surface area contributed by atoms with Gasteiger partial charge in [0.25, 0.3) is 11.6 Å². The number of carbonyl (C=O) groups excluding carboxylic acids is 4. The zero-order valence-corrected chi connectivity index (χ0v) is 15.0. The molecule has 0 aromatic heterocycles. The van der Waals surface area contributed by atoms with E-state index in [1.165, 1.54) is 24.3 Å². The second kappa shape index (κ2) is 8.15. The number of benzene rings is 1. The first-order valence-electron chi connectivity index (χ1n) is 8.92. The third-order valence-corrected chi connectivity index (χ3v) is 4.92. The molecule has 3 amide bonds. The van der Waals surface area contributed by atoms with Crippen molar-refractivity contribution in [1.29, 1.82) is 0 Å². The van der Waals surface area contributed by atoms with Gasteiger partial charge in [-0.3, -0.25) is 34.2 Å². The lowest BCUT2D eigenvalue weighted by atomic mass is 9.81. The first-order chi connectivity index (χ1) is 13.4. The van der Waals surface area contributed by atoms with Crippen molar-refractivity contribution in [3.05, 3.63) is 34.4 Å². The number of nitro groups is 1.